The van der Waals surface area contributed by atoms with E-state index in [1.54, 1.807) is 0 Å². The fourth-order valence-corrected chi connectivity index (χ4v) is 1.12. The van der Waals surface area contributed by atoms with Crippen LogP contribution in [-0.4, -0.2) is 6.18 Å². The quantitative estimate of drug-likeness (QED) is 0.707. The van der Waals surface area contributed by atoms with Crippen molar-refractivity contribution in [3.05, 3.63) is 28.8 Å². The molecule has 0 unspecified atom stereocenters. The molecule has 0 aliphatic rings. The minimum atomic E-state index is -4.21. The van der Waals surface area contributed by atoms with Crippen LogP contribution in [0.5, 0.6) is 0 Å². The van der Waals surface area contributed by atoms with Gasteiger partial charge in [0.25, 0.3) is 0 Å². The largest absolute Gasteiger partial charge is 0.398 e. The minimum Gasteiger partial charge on any atom is -0.398 e. The van der Waals surface area contributed by atoms with Crippen LogP contribution < -0.4 is 5.73 Å². The standard InChI is InChI=1S/C8H7ClF3N/c9-6-3-5(1-2-7(6)13)4-8(10,11)12/h1-3H,4,13H2. The zero-order valence-corrected chi connectivity index (χ0v) is 7.28. The topological polar surface area (TPSA) is 26.0 Å². The molecule has 0 atom stereocenters. The maximum atomic E-state index is 11.9. The van der Waals surface area contributed by atoms with Gasteiger partial charge in [-0.15, -0.1) is 0 Å². The number of nitrogens with two attached hydrogens (primary N) is 1. The molecule has 0 aliphatic heterocycles. The van der Waals surface area contributed by atoms with Crippen molar-refractivity contribution >= 4 is 17.3 Å². The number of alkyl halides is 3. The highest BCUT2D eigenvalue weighted by molar-refractivity contribution is 6.33. The summed E-state index contributed by atoms with van der Waals surface area (Å²) in [6, 6.07) is 3.91. The summed E-state index contributed by atoms with van der Waals surface area (Å²) in [7, 11) is 0. The van der Waals surface area contributed by atoms with Crippen molar-refractivity contribution in [2.75, 3.05) is 5.73 Å². The van der Waals surface area contributed by atoms with Crippen molar-refractivity contribution in [3.8, 4) is 0 Å². The second kappa shape index (κ2) is 3.46. The van der Waals surface area contributed by atoms with Gasteiger partial charge in [-0.1, -0.05) is 17.7 Å². The lowest BCUT2D eigenvalue weighted by Gasteiger charge is -2.07. The lowest BCUT2D eigenvalue weighted by atomic mass is 10.1. The van der Waals surface area contributed by atoms with Crippen LogP contribution in [-0.2, 0) is 6.42 Å². The third-order valence-electron chi connectivity index (χ3n) is 1.47. The Hall–Kier alpha value is -0.900. The zero-order chi connectivity index (χ0) is 10.1. The summed E-state index contributed by atoms with van der Waals surface area (Å²) in [5, 5.41) is 0.154. The van der Waals surface area contributed by atoms with Crippen LogP contribution in [0.3, 0.4) is 0 Å². The van der Waals surface area contributed by atoms with Gasteiger partial charge in [-0.25, -0.2) is 0 Å². The summed E-state index contributed by atoms with van der Waals surface area (Å²) >= 11 is 5.55. The van der Waals surface area contributed by atoms with Crippen molar-refractivity contribution in [1.29, 1.82) is 0 Å². The maximum absolute atomic E-state index is 11.9. The van der Waals surface area contributed by atoms with Gasteiger partial charge in [0.05, 0.1) is 17.1 Å². The van der Waals surface area contributed by atoms with Gasteiger partial charge in [0.15, 0.2) is 0 Å². The second-order valence-electron chi connectivity index (χ2n) is 2.65. The zero-order valence-electron chi connectivity index (χ0n) is 6.53. The van der Waals surface area contributed by atoms with Crippen molar-refractivity contribution in [2.45, 2.75) is 12.6 Å². The summed E-state index contributed by atoms with van der Waals surface area (Å²) in [5.41, 5.74) is 5.74. The molecule has 0 spiro atoms. The van der Waals surface area contributed by atoms with E-state index in [-0.39, 0.29) is 16.3 Å². The number of anilines is 1. The third kappa shape index (κ3) is 3.14. The monoisotopic (exact) mass is 209 g/mol. The number of rotatable bonds is 1. The first-order valence-corrected chi connectivity index (χ1v) is 3.87. The average Bonchev–Trinajstić information content (AvgIpc) is 1.94. The van der Waals surface area contributed by atoms with E-state index in [0.717, 1.165) is 0 Å². The Morgan fingerprint density at radius 3 is 2.38 bits per heavy atom. The number of hydrogen-bond acceptors (Lipinski definition) is 1. The molecule has 5 heteroatoms. The lowest BCUT2D eigenvalue weighted by Crippen LogP contribution is -2.11. The van der Waals surface area contributed by atoms with E-state index >= 15 is 0 Å². The first kappa shape index (κ1) is 10.2. The molecule has 0 saturated heterocycles. The highest BCUT2D eigenvalue weighted by Gasteiger charge is 2.27. The summed E-state index contributed by atoms with van der Waals surface area (Å²) in [4.78, 5) is 0. The molecule has 0 aliphatic carbocycles. The number of halogens is 4. The molecule has 0 radical (unpaired) electrons. The van der Waals surface area contributed by atoms with Crippen LogP contribution in [0.1, 0.15) is 5.56 Å². The molecule has 0 bridgehead atoms. The summed E-state index contributed by atoms with van der Waals surface area (Å²) in [5.74, 6) is 0. The maximum Gasteiger partial charge on any atom is 0.393 e. The van der Waals surface area contributed by atoms with Crippen molar-refractivity contribution < 1.29 is 13.2 Å². The molecular weight excluding hydrogens is 203 g/mol. The number of benzene rings is 1. The fraction of sp³-hybridized carbons (Fsp3) is 0.250. The molecule has 1 nitrogen and oxygen atoms in total. The average molecular weight is 210 g/mol. The molecule has 1 rings (SSSR count). The molecule has 0 amide bonds. The van der Waals surface area contributed by atoms with Crippen molar-refractivity contribution in [3.63, 3.8) is 0 Å². The van der Waals surface area contributed by atoms with E-state index in [1.165, 1.54) is 18.2 Å². The summed E-state index contributed by atoms with van der Waals surface area (Å²) < 4.78 is 35.7. The van der Waals surface area contributed by atoms with Gasteiger partial charge in [0, 0.05) is 0 Å². The molecule has 0 fully saturated rings. The van der Waals surface area contributed by atoms with Gasteiger partial charge < -0.3 is 5.73 Å². The van der Waals surface area contributed by atoms with Crippen molar-refractivity contribution in [1.82, 2.24) is 0 Å². The summed E-state index contributed by atoms with van der Waals surface area (Å²) in [6.45, 7) is 0. The molecule has 0 heterocycles. The molecule has 0 saturated carbocycles. The van der Waals surface area contributed by atoms with Gasteiger partial charge in [-0.3, -0.25) is 0 Å². The van der Waals surface area contributed by atoms with Crippen LogP contribution in [0.15, 0.2) is 18.2 Å². The van der Waals surface area contributed by atoms with Crippen LogP contribution in [0.4, 0.5) is 18.9 Å². The highest BCUT2D eigenvalue weighted by Crippen LogP contribution is 2.25. The lowest BCUT2D eigenvalue weighted by molar-refractivity contribution is -0.127. The van der Waals surface area contributed by atoms with Gasteiger partial charge in [0.2, 0.25) is 0 Å². The predicted molar refractivity (Wildman–Crippen MR) is 45.6 cm³/mol. The normalized spacial score (nSPS) is 11.7. The number of nitrogen functional groups attached to an aromatic ring is 1. The van der Waals surface area contributed by atoms with Crippen molar-refractivity contribution in [2.24, 2.45) is 0 Å². The number of hydrogen-bond donors (Lipinski definition) is 1. The molecule has 13 heavy (non-hydrogen) atoms. The highest BCUT2D eigenvalue weighted by atomic mass is 35.5. The van der Waals surface area contributed by atoms with E-state index in [4.69, 9.17) is 17.3 Å². The van der Waals surface area contributed by atoms with E-state index in [0.29, 0.717) is 0 Å². The summed E-state index contributed by atoms with van der Waals surface area (Å²) in [6.07, 6.45) is -5.19. The molecule has 1 aromatic rings. The Labute approximate surface area is 78.3 Å². The Morgan fingerprint density at radius 2 is 1.92 bits per heavy atom. The van der Waals surface area contributed by atoms with Gasteiger partial charge in [-0.2, -0.15) is 13.2 Å². The van der Waals surface area contributed by atoms with Crippen LogP contribution in [0, 0.1) is 0 Å². The molecule has 72 valence electrons. The second-order valence-corrected chi connectivity index (χ2v) is 3.06. The van der Waals surface area contributed by atoms with E-state index in [9.17, 15) is 13.2 Å². The van der Waals surface area contributed by atoms with Gasteiger partial charge >= 0.3 is 6.18 Å². The molecule has 0 aromatic heterocycles. The van der Waals surface area contributed by atoms with Crippen LogP contribution in [0.25, 0.3) is 0 Å². The first-order valence-electron chi connectivity index (χ1n) is 3.49. The fourth-order valence-electron chi connectivity index (χ4n) is 0.912. The van der Waals surface area contributed by atoms with Gasteiger partial charge in [-0.05, 0) is 17.7 Å². The Morgan fingerprint density at radius 1 is 1.31 bits per heavy atom. The van der Waals surface area contributed by atoms with E-state index in [2.05, 4.69) is 0 Å². The van der Waals surface area contributed by atoms with E-state index in [1.807, 2.05) is 0 Å². The molecular formula is C8H7ClF3N. The van der Waals surface area contributed by atoms with Crippen LogP contribution >= 0.6 is 11.6 Å². The SMILES string of the molecule is Nc1ccc(CC(F)(F)F)cc1Cl. The molecule has 1 aromatic carbocycles. The van der Waals surface area contributed by atoms with Crippen LogP contribution in [0.2, 0.25) is 5.02 Å². The Kier molecular flexibility index (Phi) is 2.71. The molecule has 2 N–H and O–H groups in total. The van der Waals surface area contributed by atoms with Gasteiger partial charge in [0.1, 0.15) is 0 Å². The smallest absolute Gasteiger partial charge is 0.393 e. The first-order chi connectivity index (χ1) is 5.88. The Balaban J connectivity index is 2.86. The minimum absolute atomic E-state index is 0.117. The third-order valence-corrected chi connectivity index (χ3v) is 1.80. The predicted octanol–water partition coefficient (Wildman–Crippen LogP) is 3.03. The Bertz CT molecular complexity index is 309. The van der Waals surface area contributed by atoms with E-state index < -0.39 is 12.6 Å².